The fourth-order valence-corrected chi connectivity index (χ4v) is 2.94. The van der Waals surface area contributed by atoms with Crippen molar-refractivity contribution < 1.29 is 8.78 Å². The molecule has 118 valence electrons. The van der Waals surface area contributed by atoms with Crippen LogP contribution in [0.25, 0.3) is 0 Å². The maximum Gasteiger partial charge on any atom is 0.251 e. The zero-order chi connectivity index (χ0) is 16.3. The minimum atomic E-state index is -0.639. The van der Waals surface area contributed by atoms with Crippen molar-refractivity contribution in [3.8, 4) is 0 Å². The first-order valence-corrected chi connectivity index (χ1v) is 8.02. The first-order valence-electron chi connectivity index (χ1n) is 7.14. The number of aromatic nitrogens is 2. The molecule has 6 heteroatoms. The van der Waals surface area contributed by atoms with Crippen LogP contribution >= 0.6 is 11.8 Å². The van der Waals surface area contributed by atoms with Crippen molar-refractivity contribution in [1.82, 2.24) is 9.97 Å². The zero-order valence-electron chi connectivity index (χ0n) is 12.7. The van der Waals surface area contributed by atoms with Gasteiger partial charge in [0, 0.05) is 22.8 Å². The zero-order valence-corrected chi connectivity index (χ0v) is 13.5. The second kappa shape index (κ2) is 7.05. The molecule has 2 aromatic rings. The van der Waals surface area contributed by atoms with Gasteiger partial charge in [-0.2, -0.15) is 0 Å². The van der Waals surface area contributed by atoms with Gasteiger partial charge in [0.2, 0.25) is 0 Å². The third-order valence-corrected chi connectivity index (χ3v) is 4.66. The minimum Gasteiger partial charge on any atom is -0.301 e. The molecule has 0 saturated carbocycles. The lowest BCUT2D eigenvalue weighted by Gasteiger charge is -2.14. The van der Waals surface area contributed by atoms with Crippen LogP contribution in [0.1, 0.15) is 44.4 Å². The molecule has 0 bridgehead atoms. The second-order valence-electron chi connectivity index (χ2n) is 5.17. The molecule has 0 spiro atoms. The molecule has 0 amide bonds. The van der Waals surface area contributed by atoms with Gasteiger partial charge in [0.1, 0.15) is 11.6 Å². The molecule has 1 aromatic heterocycles. The molecule has 2 unspecified atom stereocenters. The smallest absolute Gasteiger partial charge is 0.251 e. The van der Waals surface area contributed by atoms with Gasteiger partial charge >= 0.3 is 0 Å². The number of nitrogens with zero attached hydrogens (tertiary/aromatic N) is 1. The minimum absolute atomic E-state index is 0.0694. The van der Waals surface area contributed by atoms with E-state index in [4.69, 9.17) is 0 Å². The lowest BCUT2D eigenvalue weighted by atomic mass is 9.96. The highest BCUT2D eigenvalue weighted by molar-refractivity contribution is 7.99. The van der Waals surface area contributed by atoms with E-state index in [9.17, 15) is 13.6 Å². The van der Waals surface area contributed by atoms with Gasteiger partial charge in [0.25, 0.3) is 5.56 Å². The Morgan fingerprint density at radius 2 is 1.91 bits per heavy atom. The van der Waals surface area contributed by atoms with Gasteiger partial charge in [-0.05, 0) is 18.6 Å². The van der Waals surface area contributed by atoms with Crippen LogP contribution in [0.3, 0.4) is 0 Å². The van der Waals surface area contributed by atoms with Crippen molar-refractivity contribution in [2.45, 2.75) is 43.5 Å². The molecule has 1 heterocycles. The largest absolute Gasteiger partial charge is 0.301 e. The summed E-state index contributed by atoms with van der Waals surface area (Å²) in [5, 5.41) is 0.763. The summed E-state index contributed by atoms with van der Waals surface area (Å²) in [6.07, 6.45) is 0.927. The second-order valence-corrected chi connectivity index (χ2v) is 6.60. The Bertz CT molecular complexity index is 697. The summed E-state index contributed by atoms with van der Waals surface area (Å²) < 4.78 is 27.8. The van der Waals surface area contributed by atoms with E-state index in [1.165, 1.54) is 36.0 Å². The van der Waals surface area contributed by atoms with Crippen LogP contribution in [0.4, 0.5) is 8.78 Å². The van der Waals surface area contributed by atoms with Crippen molar-refractivity contribution in [2.24, 2.45) is 0 Å². The van der Waals surface area contributed by atoms with Crippen LogP contribution < -0.4 is 5.56 Å². The Hall–Kier alpha value is -1.69. The number of halogens is 2. The number of thioether (sulfide) groups is 1. The van der Waals surface area contributed by atoms with Gasteiger partial charge in [-0.1, -0.05) is 38.6 Å². The fourth-order valence-electron chi connectivity index (χ4n) is 2.08. The van der Waals surface area contributed by atoms with E-state index < -0.39 is 17.6 Å². The monoisotopic (exact) mass is 324 g/mol. The van der Waals surface area contributed by atoms with E-state index in [-0.39, 0.29) is 11.1 Å². The highest BCUT2D eigenvalue weighted by Crippen LogP contribution is 2.28. The molecular weight excluding hydrogens is 306 g/mol. The normalized spacial score (nSPS) is 13.9. The van der Waals surface area contributed by atoms with E-state index in [0.29, 0.717) is 16.1 Å². The number of hydrogen-bond donors (Lipinski definition) is 1. The predicted octanol–water partition coefficient (Wildman–Crippen LogP) is 4.09. The van der Waals surface area contributed by atoms with Gasteiger partial charge in [-0.3, -0.25) is 4.79 Å². The lowest BCUT2D eigenvalue weighted by molar-refractivity contribution is 0.543. The molecule has 3 nitrogen and oxygen atoms in total. The van der Waals surface area contributed by atoms with Crippen molar-refractivity contribution in [1.29, 1.82) is 0 Å². The highest BCUT2D eigenvalue weighted by atomic mass is 32.2. The number of aromatic amines is 1. The summed E-state index contributed by atoms with van der Waals surface area (Å²) in [7, 11) is 0. The summed E-state index contributed by atoms with van der Waals surface area (Å²) in [6.45, 7) is 5.70. The van der Waals surface area contributed by atoms with E-state index >= 15 is 0 Å². The lowest BCUT2D eigenvalue weighted by Crippen LogP contribution is -2.14. The Labute approximate surface area is 132 Å². The number of hydrogen-bond acceptors (Lipinski definition) is 3. The van der Waals surface area contributed by atoms with Gasteiger partial charge in [-0.15, -0.1) is 0 Å². The Kier molecular flexibility index (Phi) is 5.34. The van der Waals surface area contributed by atoms with Crippen LogP contribution in [-0.2, 0) is 0 Å². The van der Waals surface area contributed by atoms with Crippen molar-refractivity contribution in [3.05, 3.63) is 57.5 Å². The molecule has 1 N–H and O–H groups in total. The van der Waals surface area contributed by atoms with E-state index in [1.807, 2.05) is 13.8 Å². The molecule has 2 atom stereocenters. The Morgan fingerprint density at radius 1 is 1.27 bits per heavy atom. The van der Waals surface area contributed by atoms with Crippen molar-refractivity contribution in [2.75, 3.05) is 0 Å². The molecule has 2 rings (SSSR count). The molecule has 0 saturated heterocycles. The van der Waals surface area contributed by atoms with Gasteiger partial charge < -0.3 is 4.98 Å². The van der Waals surface area contributed by atoms with Crippen LogP contribution in [-0.4, -0.2) is 15.2 Å². The molecule has 0 aliphatic heterocycles. The Morgan fingerprint density at radius 3 is 2.50 bits per heavy atom. The Balaban J connectivity index is 2.41. The molecule has 1 aromatic carbocycles. The average molecular weight is 324 g/mol. The number of nitrogens with one attached hydrogen (secondary N) is 1. The van der Waals surface area contributed by atoms with Gasteiger partial charge in [0.05, 0.1) is 5.69 Å². The van der Waals surface area contributed by atoms with Crippen LogP contribution in [0.2, 0.25) is 0 Å². The summed E-state index contributed by atoms with van der Waals surface area (Å²) in [5.41, 5.74) is -0.0296. The topological polar surface area (TPSA) is 45.8 Å². The summed E-state index contributed by atoms with van der Waals surface area (Å²) in [4.78, 5) is 18.8. The van der Waals surface area contributed by atoms with E-state index in [2.05, 4.69) is 9.97 Å². The quantitative estimate of drug-likeness (QED) is 0.665. The van der Waals surface area contributed by atoms with E-state index in [1.54, 1.807) is 6.92 Å². The summed E-state index contributed by atoms with van der Waals surface area (Å²) in [5.74, 6) is -1.91. The first kappa shape index (κ1) is 16.7. The third-order valence-electron chi connectivity index (χ3n) is 3.50. The molecule has 0 aliphatic carbocycles. The first-order chi connectivity index (χ1) is 10.4. The number of benzene rings is 1. The third kappa shape index (κ3) is 3.74. The van der Waals surface area contributed by atoms with Crippen molar-refractivity contribution in [3.63, 3.8) is 0 Å². The number of rotatable bonds is 5. The van der Waals surface area contributed by atoms with Crippen LogP contribution in [0, 0.1) is 11.6 Å². The van der Waals surface area contributed by atoms with Crippen LogP contribution in [0.15, 0.2) is 34.2 Å². The average Bonchev–Trinajstić information content (AvgIpc) is 2.46. The van der Waals surface area contributed by atoms with Gasteiger partial charge in [-0.25, -0.2) is 13.8 Å². The standard InChI is InChI=1S/C16H18F2N2OS/c1-4-9(2)22-16-19-13(8-14(21)20-16)10(3)15-11(17)6-5-7-12(15)18/h5-10H,4H2,1-3H3,(H,19,20,21). The summed E-state index contributed by atoms with van der Waals surface area (Å²) >= 11 is 1.44. The molecule has 0 aliphatic rings. The maximum atomic E-state index is 13.9. The molecule has 0 radical (unpaired) electrons. The predicted molar refractivity (Wildman–Crippen MR) is 84.3 cm³/mol. The van der Waals surface area contributed by atoms with Crippen LogP contribution in [0.5, 0.6) is 0 Å². The van der Waals surface area contributed by atoms with E-state index in [0.717, 1.165) is 6.42 Å². The molecular formula is C16H18F2N2OS. The molecule has 0 fully saturated rings. The van der Waals surface area contributed by atoms with Gasteiger partial charge in [0.15, 0.2) is 5.16 Å². The van der Waals surface area contributed by atoms with Crippen molar-refractivity contribution >= 4 is 11.8 Å². The summed E-state index contributed by atoms with van der Waals surface area (Å²) in [6, 6.07) is 5.02. The maximum absolute atomic E-state index is 13.9. The number of H-pyrrole nitrogens is 1. The molecule has 22 heavy (non-hydrogen) atoms. The highest BCUT2D eigenvalue weighted by Gasteiger charge is 2.20. The fraction of sp³-hybridized carbons (Fsp3) is 0.375. The SMILES string of the molecule is CCC(C)Sc1nc(C(C)c2c(F)cccc2F)cc(=O)[nH]1.